The Bertz CT molecular complexity index is 934. The molecule has 0 unspecified atom stereocenters. The van der Waals surface area contributed by atoms with E-state index in [1.54, 1.807) is 6.07 Å². The van der Waals surface area contributed by atoms with Gasteiger partial charge in [-0.3, -0.25) is 9.10 Å². The zero-order valence-corrected chi connectivity index (χ0v) is 17.7. The molecule has 0 radical (unpaired) electrons. The van der Waals surface area contributed by atoms with Crippen LogP contribution in [0.5, 0.6) is 5.75 Å². The molecule has 1 N–H and O–H groups in total. The molecule has 0 aromatic heterocycles. The second-order valence-electron chi connectivity index (χ2n) is 6.94. The molecule has 0 aliphatic rings. The average molecular weight is 423 g/mol. The number of nitrogens with zero attached hydrogens (tertiary/aromatic N) is 1. The molecule has 8 heteroatoms. The van der Waals surface area contributed by atoms with Crippen LogP contribution in [-0.4, -0.2) is 39.8 Å². The molecular formula is C21H27FN2O4S. The number of halogens is 1. The minimum Gasteiger partial charge on any atom is -0.491 e. The van der Waals surface area contributed by atoms with Gasteiger partial charge < -0.3 is 10.1 Å². The van der Waals surface area contributed by atoms with Crippen LogP contribution in [0.4, 0.5) is 10.1 Å². The number of carbonyl (C=O) groups is 1. The Balaban J connectivity index is 1.83. The van der Waals surface area contributed by atoms with Gasteiger partial charge in [0.1, 0.15) is 18.2 Å². The van der Waals surface area contributed by atoms with Gasteiger partial charge in [0.05, 0.1) is 18.0 Å². The zero-order valence-electron chi connectivity index (χ0n) is 16.9. The van der Waals surface area contributed by atoms with E-state index in [9.17, 15) is 17.6 Å². The van der Waals surface area contributed by atoms with Gasteiger partial charge in [0.15, 0.2) is 0 Å². The first-order valence-corrected chi connectivity index (χ1v) is 11.2. The topological polar surface area (TPSA) is 75.7 Å². The predicted octanol–water partition coefficient (Wildman–Crippen LogP) is 3.26. The van der Waals surface area contributed by atoms with Crippen LogP contribution in [0.3, 0.4) is 0 Å². The fraction of sp³-hybridized carbons (Fsp3) is 0.381. The summed E-state index contributed by atoms with van der Waals surface area (Å²) in [4.78, 5) is 12.2. The van der Waals surface area contributed by atoms with Crippen molar-refractivity contribution in [3.8, 4) is 5.75 Å². The SMILES string of the molecule is Cc1ccccc1OC[C@@H](C)NC(=O)CCCN(c1ccccc1F)S(C)(=O)=O. The van der Waals surface area contributed by atoms with E-state index in [0.717, 1.165) is 21.9 Å². The van der Waals surface area contributed by atoms with Gasteiger partial charge in [-0.1, -0.05) is 30.3 Å². The number of hydrogen-bond donors (Lipinski definition) is 1. The molecule has 0 saturated carbocycles. The van der Waals surface area contributed by atoms with Crippen molar-refractivity contribution in [2.75, 3.05) is 23.7 Å². The predicted molar refractivity (Wildman–Crippen MR) is 112 cm³/mol. The van der Waals surface area contributed by atoms with Crippen molar-refractivity contribution < 1.29 is 22.3 Å². The van der Waals surface area contributed by atoms with E-state index < -0.39 is 15.8 Å². The lowest BCUT2D eigenvalue weighted by Gasteiger charge is -2.23. The maximum atomic E-state index is 14.0. The number of carbonyl (C=O) groups excluding carboxylic acids is 1. The second kappa shape index (κ2) is 10.2. The smallest absolute Gasteiger partial charge is 0.232 e. The number of amides is 1. The van der Waals surface area contributed by atoms with Crippen LogP contribution in [0.1, 0.15) is 25.3 Å². The summed E-state index contributed by atoms with van der Waals surface area (Å²) in [5.74, 6) is -0.0699. The van der Waals surface area contributed by atoms with Crippen molar-refractivity contribution in [1.82, 2.24) is 5.32 Å². The van der Waals surface area contributed by atoms with E-state index in [1.807, 2.05) is 38.1 Å². The van der Waals surface area contributed by atoms with Gasteiger partial charge in [-0.05, 0) is 44.0 Å². The molecule has 1 amide bonds. The lowest BCUT2D eigenvalue weighted by atomic mass is 10.2. The standard InChI is InChI=1S/C21H27FN2O4S/c1-16-9-4-7-12-20(16)28-15-17(2)23-21(25)13-8-14-24(29(3,26)27)19-11-6-5-10-18(19)22/h4-7,9-12,17H,8,13-15H2,1-3H3,(H,23,25)/t17-/m1/s1. The lowest BCUT2D eigenvalue weighted by Crippen LogP contribution is -2.37. The van der Waals surface area contributed by atoms with Crippen LogP contribution in [0.25, 0.3) is 0 Å². The van der Waals surface area contributed by atoms with E-state index in [4.69, 9.17) is 4.74 Å². The van der Waals surface area contributed by atoms with E-state index in [1.165, 1.54) is 18.2 Å². The largest absolute Gasteiger partial charge is 0.491 e. The molecule has 0 fully saturated rings. The Morgan fingerprint density at radius 3 is 2.48 bits per heavy atom. The minimum absolute atomic E-state index is 0.0152. The maximum Gasteiger partial charge on any atom is 0.232 e. The fourth-order valence-corrected chi connectivity index (χ4v) is 3.79. The Labute approximate surface area is 171 Å². The third-order valence-electron chi connectivity index (χ3n) is 4.28. The number of anilines is 1. The molecule has 0 saturated heterocycles. The van der Waals surface area contributed by atoms with E-state index in [-0.39, 0.29) is 37.0 Å². The van der Waals surface area contributed by atoms with Crippen molar-refractivity contribution >= 4 is 21.6 Å². The Morgan fingerprint density at radius 1 is 1.17 bits per heavy atom. The first-order chi connectivity index (χ1) is 13.7. The van der Waals surface area contributed by atoms with Crippen molar-refractivity contribution in [3.63, 3.8) is 0 Å². The number of aryl methyl sites for hydroxylation is 1. The molecule has 29 heavy (non-hydrogen) atoms. The molecule has 158 valence electrons. The van der Waals surface area contributed by atoms with Crippen molar-refractivity contribution in [2.24, 2.45) is 0 Å². The number of ether oxygens (including phenoxy) is 1. The molecule has 2 rings (SSSR count). The molecular weight excluding hydrogens is 395 g/mol. The van der Waals surface area contributed by atoms with Gasteiger partial charge in [-0.15, -0.1) is 0 Å². The molecule has 2 aromatic rings. The Kier molecular flexibility index (Phi) is 8.01. The number of para-hydroxylation sites is 2. The summed E-state index contributed by atoms with van der Waals surface area (Å²) >= 11 is 0. The molecule has 2 aromatic carbocycles. The Hall–Kier alpha value is -2.61. The lowest BCUT2D eigenvalue weighted by molar-refractivity contribution is -0.121. The van der Waals surface area contributed by atoms with Crippen LogP contribution in [0.2, 0.25) is 0 Å². The van der Waals surface area contributed by atoms with E-state index >= 15 is 0 Å². The minimum atomic E-state index is -3.66. The number of rotatable bonds is 10. The summed E-state index contributed by atoms with van der Waals surface area (Å²) in [6, 6.07) is 13.1. The highest BCUT2D eigenvalue weighted by atomic mass is 32.2. The Morgan fingerprint density at radius 2 is 1.83 bits per heavy atom. The van der Waals surface area contributed by atoms with Gasteiger partial charge in [0, 0.05) is 13.0 Å². The first kappa shape index (κ1) is 22.7. The van der Waals surface area contributed by atoms with Gasteiger partial charge >= 0.3 is 0 Å². The summed E-state index contributed by atoms with van der Waals surface area (Å²) in [5, 5.41) is 2.83. The first-order valence-electron chi connectivity index (χ1n) is 9.38. The summed E-state index contributed by atoms with van der Waals surface area (Å²) in [6.07, 6.45) is 1.40. The third kappa shape index (κ3) is 7.05. The zero-order chi connectivity index (χ0) is 21.4. The van der Waals surface area contributed by atoms with E-state index in [0.29, 0.717) is 6.61 Å². The maximum absolute atomic E-state index is 14.0. The van der Waals surface area contributed by atoms with Crippen LogP contribution >= 0.6 is 0 Å². The van der Waals surface area contributed by atoms with Crippen LogP contribution in [0, 0.1) is 12.7 Å². The van der Waals surface area contributed by atoms with E-state index in [2.05, 4.69) is 5.32 Å². The van der Waals surface area contributed by atoms with Gasteiger partial charge in [-0.25, -0.2) is 12.8 Å². The van der Waals surface area contributed by atoms with Crippen molar-refractivity contribution in [2.45, 2.75) is 32.7 Å². The molecule has 0 spiro atoms. The molecule has 0 bridgehead atoms. The summed E-state index contributed by atoms with van der Waals surface area (Å²) in [5.41, 5.74) is 0.996. The highest BCUT2D eigenvalue weighted by molar-refractivity contribution is 7.92. The normalized spacial score (nSPS) is 12.3. The van der Waals surface area contributed by atoms with Gasteiger partial charge in [-0.2, -0.15) is 0 Å². The van der Waals surface area contributed by atoms with Crippen molar-refractivity contribution in [1.29, 1.82) is 0 Å². The van der Waals surface area contributed by atoms with Crippen LogP contribution in [0.15, 0.2) is 48.5 Å². The quantitative estimate of drug-likeness (QED) is 0.638. The van der Waals surface area contributed by atoms with Crippen LogP contribution in [-0.2, 0) is 14.8 Å². The number of sulfonamides is 1. The molecule has 0 aliphatic carbocycles. The van der Waals surface area contributed by atoms with Crippen molar-refractivity contribution in [3.05, 3.63) is 59.9 Å². The molecule has 0 aliphatic heterocycles. The number of benzene rings is 2. The van der Waals surface area contributed by atoms with Gasteiger partial charge in [0.25, 0.3) is 0 Å². The summed E-state index contributed by atoms with van der Waals surface area (Å²) in [6.45, 7) is 4.11. The third-order valence-corrected chi connectivity index (χ3v) is 5.46. The number of nitrogens with one attached hydrogen (secondary N) is 1. The average Bonchev–Trinajstić information content (AvgIpc) is 2.64. The highest BCUT2D eigenvalue weighted by Crippen LogP contribution is 2.22. The van der Waals surface area contributed by atoms with Gasteiger partial charge in [0.2, 0.25) is 15.9 Å². The monoisotopic (exact) mass is 422 g/mol. The fourth-order valence-electron chi connectivity index (χ4n) is 2.82. The highest BCUT2D eigenvalue weighted by Gasteiger charge is 2.20. The number of hydrogen-bond acceptors (Lipinski definition) is 4. The second-order valence-corrected chi connectivity index (χ2v) is 8.84. The summed E-state index contributed by atoms with van der Waals surface area (Å²) in [7, 11) is -3.66. The van der Waals surface area contributed by atoms with Crippen LogP contribution < -0.4 is 14.4 Å². The molecule has 6 nitrogen and oxygen atoms in total. The molecule has 0 heterocycles. The molecule has 1 atom stereocenters. The summed E-state index contributed by atoms with van der Waals surface area (Å²) < 4.78 is 44.7.